The highest BCUT2D eigenvalue weighted by atomic mass is 35.5. The van der Waals surface area contributed by atoms with Crippen LogP contribution in [-0.2, 0) is 10.0 Å². The van der Waals surface area contributed by atoms with Gasteiger partial charge in [-0.1, -0.05) is 39.5 Å². The molecule has 0 fully saturated rings. The largest absolute Gasteiger partial charge is 0.214 e. The summed E-state index contributed by atoms with van der Waals surface area (Å²) in [6.45, 7) is 5.55. The van der Waals surface area contributed by atoms with Gasteiger partial charge in [-0.2, -0.15) is 0 Å². The topological polar surface area (TPSA) is 37.4 Å². The molecule has 0 atom stereocenters. The average Bonchev–Trinajstić information content (AvgIpc) is 2.38. The van der Waals surface area contributed by atoms with Crippen LogP contribution in [0.2, 0.25) is 0 Å². The summed E-state index contributed by atoms with van der Waals surface area (Å²) in [5, 5.41) is 0. The second-order valence-electron chi connectivity index (χ2n) is 5.03. The molecule has 0 saturated heterocycles. The quantitative estimate of drug-likeness (QED) is 0.380. The van der Waals surface area contributed by atoms with Crippen LogP contribution in [0, 0.1) is 0 Å². The molecular formula is C14H30ClNO2S. The molecule has 5 heteroatoms. The van der Waals surface area contributed by atoms with Crippen molar-refractivity contribution in [2.45, 2.75) is 65.2 Å². The lowest BCUT2D eigenvalue weighted by Crippen LogP contribution is -2.34. The molecule has 0 saturated carbocycles. The van der Waals surface area contributed by atoms with Crippen molar-refractivity contribution in [3.63, 3.8) is 0 Å². The first-order valence-corrected chi connectivity index (χ1v) is 9.76. The number of halogens is 1. The Labute approximate surface area is 124 Å². The molecule has 116 valence electrons. The number of alkyl halides is 1. The van der Waals surface area contributed by atoms with E-state index in [1.54, 1.807) is 4.31 Å². The summed E-state index contributed by atoms with van der Waals surface area (Å²) in [6, 6.07) is 0. The second kappa shape index (κ2) is 12.0. The number of unbranched alkanes of at least 4 members (excludes halogenated alkanes) is 5. The second-order valence-corrected chi connectivity index (χ2v) is 7.49. The van der Waals surface area contributed by atoms with E-state index in [4.69, 9.17) is 11.6 Å². The zero-order valence-corrected chi connectivity index (χ0v) is 14.1. The molecule has 0 radical (unpaired) electrons. The Morgan fingerprint density at radius 3 is 1.84 bits per heavy atom. The van der Waals surface area contributed by atoms with Gasteiger partial charge in [0, 0.05) is 19.0 Å². The number of rotatable bonds is 13. The summed E-state index contributed by atoms with van der Waals surface area (Å²) in [4.78, 5) is 0. The van der Waals surface area contributed by atoms with E-state index >= 15 is 0 Å². The number of hydrogen-bond acceptors (Lipinski definition) is 2. The highest BCUT2D eigenvalue weighted by Gasteiger charge is 2.20. The fourth-order valence-electron chi connectivity index (χ4n) is 1.92. The van der Waals surface area contributed by atoms with E-state index in [9.17, 15) is 8.42 Å². The Hall–Kier alpha value is 0.200. The van der Waals surface area contributed by atoms with Gasteiger partial charge in [0.25, 0.3) is 0 Å². The molecule has 0 aromatic rings. The van der Waals surface area contributed by atoms with E-state index in [2.05, 4.69) is 13.8 Å². The van der Waals surface area contributed by atoms with Crippen LogP contribution in [0.3, 0.4) is 0 Å². The Bertz CT molecular complexity index is 286. The highest BCUT2D eigenvalue weighted by molar-refractivity contribution is 7.89. The van der Waals surface area contributed by atoms with Crippen molar-refractivity contribution in [3.8, 4) is 0 Å². The van der Waals surface area contributed by atoms with Gasteiger partial charge < -0.3 is 0 Å². The van der Waals surface area contributed by atoms with Gasteiger partial charge in [-0.05, 0) is 25.7 Å². The van der Waals surface area contributed by atoms with Crippen LogP contribution in [0.5, 0.6) is 0 Å². The maximum Gasteiger partial charge on any atom is 0.214 e. The molecule has 3 nitrogen and oxygen atoms in total. The molecule has 19 heavy (non-hydrogen) atoms. The van der Waals surface area contributed by atoms with E-state index < -0.39 is 10.0 Å². The average molecular weight is 312 g/mol. The van der Waals surface area contributed by atoms with Crippen LogP contribution in [-0.4, -0.2) is 37.4 Å². The lowest BCUT2D eigenvalue weighted by molar-refractivity contribution is 0.394. The van der Waals surface area contributed by atoms with Crippen LogP contribution < -0.4 is 0 Å². The summed E-state index contributed by atoms with van der Waals surface area (Å²) in [5.74, 6) is 0.967. The summed E-state index contributed by atoms with van der Waals surface area (Å²) in [5.41, 5.74) is 0. The van der Waals surface area contributed by atoms with Crippen LogP contribution in [0.1, 0.15) is 65.2 Å². The third-order valence-corrected chi connectivity index (χ3v) is 5.43. The van der Waals surface area contributed by atoms with Gasteiger partial charge in [-0.25, -0.2) is 12.7 Å². The molecule has 0 aliphatic heterocycles. The molecule has 0 N–H and O–H groups in total. The lowest BCUT2D eigenvalue weighted by Gasteiger charge is -2.21. The first kappa shape index (κ1) is 19.2. The molecule has 0 aromatic heterocycles. The SMILES string of the molecule is CCCCN(CCCC)S(=O)(=O)CCCCCCCl. The van der Waals surface area contributed by atoms with Crippen molar-refractivity contribution in [1.29, 1.82) is 0 Å². The van der Waals surface area contributed by atoms with Gasteiger partial charge in [-0.3, -0.25) is 0 Å². The molecule has 0 spiro atoms. The molecule has 0 unspecified atom stereocenters. The zero-order chi connectivity index (χ0) is 14.6. The zero-order valence-electron chi connectivity index (χ0n) is 12.5. The number of sulfonamides is 1. The van der Waals surface area contributed by atoms with E-state index in [1.165, 1.54) is 0 Å². The third kappa shape index (κ3) is 9.69. The first-order chi connectivity index (χ1) is 9.08. The van der Waals surface area contributed by atoms with Crippen molar-refractivity contribution in [3.05, 3.63) is 0 Å². The van der Waals surface area contributed by atoms with Crippen molar-refractivity contribution < 1.29 is 8.42 Å². The Balaban J connectivity index is 4.18. The molecule has 0 aromatic carbocycles. The summed E-state index contributed by atoms with van der Waals surface area (Å²) >= 11 is 5.61. The Morgan fingerprint density at radius 1 is 0.842 bits per heavy atom. The maximum atomic E-state index is 12.3. The molecular weight excluding hydrogens is 282 g/mol. The van der Waals surface area contributed by atoms with E-state index in [-0.39, 0.29) is 0 Å². The van der Waals surface area contributed by atoms with Gasteiger partial charge in [0.15, 0.2) is 0 Å². The molecule has 0 rings (SSSR count). The van der Waals surface area contributed by atoms with Crippen LogP contribution in [0.15, 0.2) is 0 Å². The maximum absolute atomic E-state index is 12.3. The van der Waals surface area contributed by atoms with Crippen molar-refractivity contribution in [1.82, 2.24) is 4.31 Å². The first-order valence-electron chi connectivity index (χ1n) is 7.62. The van der Waals surface area contributed by atoms with Crippen molar-refractivity contribution in [2.24, 2.45) is 0 Å². The van der Waals surface area contributed by atoms with Crippen LogP contribution in [0.4, 0.5) is 0 Å². The van der Waals surface area contributed by atoms with Gasteiger partial charge in [0.2, 0.25) is 10.0 Å². The Kier molecular flexibility index (Phi) is 12.1. The van der Waals surface area contributed by atoms with E-state index in [0.717, 1.165) is 51.4 Å². The van der Waals surface area contributed by atoms with Gasteiger partial charge in [0.05, 0.1) is 5.75 Å². The van der Waals surface area contributed by atoms with Crippen molar-refractivity contribution >= 4 is 21.6 Å². The van der Waals surface area contributed by atoms with Gasteiger partial charge in [-0.15, -0.1) is 11.6 Å². The minimum absolute atomic E-state index is 0.294. The minimum atomic E-state index is -3.05. The molecule has 0 aliphatic carbocycles. The highest BCUT2D eigenvalue weighted by Crippen LogP contribution is 2.10. The summed E-state index contributed by atoms with van der Waals surface area (Å²) in [6.07, 6.45) is 7.71. The third-order valence-electron chi connectivity index (χ3n) is 3.20. The smallest absolute Gasteiger partial charge is 0.212 e. The summed E-state index contributed by atoms with van der Waals surface area (Å²) in [7, 11) is -3.05. The molecule has 0 amide bonds. The summed E-state index contributed by atoms with van der Waals surface area (Å²) < 4.78 is 26.2. The van der Waals surface area contributed by atoms with Gasteiger partial charge >= 0.3 is 0 Å². The Morgan fingerprint density at radius 2 is 1.37 bits per heavy atom. The fourth-order valence-corrected chi connectivity index (χ4v) is 3.75. The van der Waals surface area contributed by atoms with Gasteiger partial charge in [0.1, 0.15) is 0 Å². The normalized spacial score (nSPS) is 12.2. The van der Waals surface area contributed by atoms with Crippen molar-refractivity contribution in [2.75, 3.05) is 24.7 Å². The van der Waals surface area contributed by atoms with E-state index in [0.29, 0.717) is 24.7 Å². The standard InChI is InChI=1S/C14H30ClNO2S/c1-3-5-12-16(13-6-4-2)19(17,18)14-10-8-7-9-11-15/h3-14H2,1-2H3. The number of hydrogen-bond donors (Lipinski definition) is 0. The number of nitrogens with zero attached hydrogens (tertiary/aromatic N) is 1. The van der Waals surface area contributed by atoms with E-state index in [1.807, 2.05) is 0 Å². The fraction of sp³-hybridized carbons (Fsp3) is 1.00. The van der Waals surface area contributed by atoms with Crippen LogP contribution >= 0.6 is 11.6 Å². The lowest BCUT2D eigenvalue weighted by atomic mass is 10.2. The monoisotopic (exact) mass is 311 g/mol. The van der Waals surface area contributed by atoms with Crippen LogP contribution in [0.25, 0.3) is 0 Å². The minimum Gasteiger partial charge on any atom is -0.212 e. The molecule has 0 heterocycles. The molecule has 0 aliphatic rings. The predicted octanol–water partition coefficient (Wildman–Crippen LogP) is 4.02. The predicted molar refractivity (Wildman–Crippen MR) is 84.4 cm³/mol. The molecule has 0 bridgehead atoms.